The van der Waals surface area contributed by atoms with Gasteiger partial charge in [-0.1, -0.05) is 11.1 Å². The van der Waals surface area contributed by atoms with Crippen molar-refractivity contribution < 1.29 is 19.7 Å². The fraction of sp³-hybridized carbons (Fsp3) is 0. The highest BCUT2D eigenvalue weighted by Crippen LogP contribution is 2.34. The molecule has 0 aliphatic rings. The summed E-state index contributed by atoms with van der Waals surface area (Å²) in [5.41, 5.74) is 0.310. The second-order valence-electron chi connectivity index (χ2n) is 4.90. The number of phenolic OH excluding ortho intramolecular Hbond substituents is 1. The summed E-state index contributed by atoms with van der Waals surface area (Å²) in [5.74, 6) is 0.0520. The molecule has 0 spiro atoms. The second-order valence-corrected chi connectivity index (χ2v) is 5.68. The van der Waals surface area contributed by atoms with Crippen LogP contribution in [0, 0.1) is 22.7 Å². The number of H-pyrrole nitrogens is 1. The fourth-order valence-electron chi connectivity index (χ4n) is 2.20. The van der Waals surface area contributed by atoms with Crippen LogP contribution in [-0.4, -0.2) is 26.3 Å². The number of fused-ring (bicyclic) bond motifs is 1. The minimum atomic E-state index is -0.0760. The van der Waals surface area contributed by atoms with Crippen LogP contribution in [0.4, 0.5) is 11.6 Å². The first-order valence-corrected chi connectivity index (χ1v) is 7.87. The maximum atomic E-state index is 9.71. The molecule has 2 aromatic carbocycles. The normalized spacial score (nSPS) is 10.0. The van der Waals surface area contributed by atoms with Crippen LogP contribution < -0.4 is 0 Å². The van der Waals surface area contributed by atoms with E-state index in [1.165, 1.54) is 12.1 Å². The lowest BCUT2D eigenvalue weighted by Crippen LogP contribution is -1.81. The van der Waals surface area contributed by atoms with Crippen molar-refractivity contribution in [3.8, 4) is 17.9 Å². The molecular formula is C16H8N6O4S. The summed E-state index contributed by atoms with van der Waals surface area (Å²) < 4.78 is 4.42. The van der Waals surface area contributed by atoms with Crippen molar-refractivity contribution in [3.63, 3.8) is 0 Å². The van der Waals surface area contributed by atoms with Gasteiger partial charge in [-0.3, -0.25) is 0 Å². The average Bonchev–Trinajstić information content (AvgIpc) is 3.09. The van der Waals surface area contributed by atoms with E-state index in [1.807, 2.05) is 0 Å². The monoisotopic (exact) mass is 380 g/mol. The van der Waals surface area contributed by atoms with E-state index in [-0.39, 0.29) is 23.1 Å². The van der Waals surface area contributed by atoms with E-state index in [2.05, 4.69) is 35.3 Å². The number of rotatable bonds is 5. The van der Waals surface area contributed by atoms with Gasteiger partial charge in [-0.2, -0.15) is 20.5 Å². The van der Waals surface area contributed by atoms with Gasteiger partial charge in [0.1, 0.15) is 23.9 Å². The van der Waals surface area contributed by atoms with Gasteiger partial charge in [-0.05, 0) is 29.7 Å². The van der Waals surface area contributed by atoms with E-state index in [0.717, 1.165) is 17.4 Å². The predicted octanol–water partition coefficient (Wildman–Crippen LogP) is 3.58. The zero-order valence-electron chi connectivity index (χ0n) is 13.2. The Morgan fingerprint density at radius 1 is 1.15 bits per heavy atom. The first-order chi connectivity index (χ1) is 13.1. The Bertz CT molecular complexity index is 1120. The smallest absolute Gasteiger partial charge is 0.238 e. The number of benzene rings is 2. The van der Waals surface area contributed by atoms with Crippen molar-refractivity contribution in [1.29, 1.82) is 10.5 Å². The largest absolute Gasteiger partial charge is 0.508 e. The third kappa shape index (κ3) is 4.11. The number of hydrogen-bond donors (Lipinski definition) is 3. The third-order valence-corrected chi connectivity index (χ3v) is 3.84. The number of imidazole rings is 1. The second kappa shape index (κ2) is 8.12. The molecule has 0 fully saturated rings. The van der Waals surface area contributed by atoms with Gasteiger partial charge >= 0.3 is 0 Å². The molecule has 0 saturated carbocycles. The number of phenols is 1. The molecule has 0 saturated heterocycles. The Balaban J connectivity index is 2.03. The molecule has 11 heteroatoms. The number of nitrogens with zero attached hydrogens (tertiary/aromatic N) is 5. The van der Waals surface area contributed by atoms with Crippen molar-refractivity contribution in [2.45, 2.75) is 4.90 Å². The molecule has 10 nitrogen and oxygen atoms in total. The SMILES string of the molecule is N#Cc1nc(N=C=Nc2cc(SOOO)cc3ccc(O)cc23)[nH]c1C#N. The Labute approximate surface area is 155 Å². The third-order valence-electron chi connectivity index (χ3n) is 3.29. The molecule has 132 valence electrons. The van der Waals surface area contributed by atoms with E-state index < -0.39 is 0 Å². The van der Waals surface area contributed by atoms with Crippen molar-refractivity contribution in [2.75, 3.05) is 0 Å². The topological polar surface area (TPSA) is 160 Å². The molecule has 0 atom stereocenters. The van der Waals surface area contributed by atoms with Gasteiger partial charge in [0.05, 0.1) is 17.7 Å². The molecule has 27 heavy (non-hydrogen) atoms. The van der Waals surface area contributed by atoms with E-state index in [9.17, 15) is 5.11 Å². The molecule has 0 radical (unpaired) electrons. The number of nitriles is 2. The zero-order chi connectivity index (χ0) is 19.2. The lowest BCUT2D eigenvalue weighted by Gasteiger charge is -2.05. The molecule has 3 rings (SSSR count). The van der Waals surface area contributed by atoms with Crippen LogP contribution in [0.25, 0.3) is 10.8 Å². The molecule has 3 N–H and O–H groups in total. The highest BCUT2D eigenvalue weighted by molar-refractivity contribution is 7.94. The van der Waals surface area contributed by atoms with Gasteiger partial charge in [-0.15, -0.1) is 9.33 Å². The average molecular weight is 380 g/mol. The van der Waals surface area contributed by atoms with E-state index >= 15 is 0 Å². The molecular weight excluding hydrogens is 372 g/mol. The Morgan fingerprint density at radius 2 is 2.00 bits per heavy atom. The van der Waals surface area contributed by atoms with Gasteiger partial charge < -0.3 is 10.1 Å². The Kier molecular flexibility index (Phi) is 5.44. The summed E-state index contributed by atoms with van der Waals surface area (Å²) in [6.45, 7) is 0. The van der Waals surface area contributed by atoms with Crippen molar-refractivity contribution in [2.24, 2.45) is 9.98 Å². The van der Waals surface area contributed by atoms with Gasteiger partial charge in [0.25, 0.3) is 0 Å². The fourth-order valence-corrected chi connectivity index (χ4v) is 2.64. The standard InChI is InChI=1S/C16H8N6O4S/c17-6-14-15(7-18)22-16(21-14)20-8-19-13-5-11(27-26-25-24)3-9-1-2-10(23)4-12(9)13/h1-5,23-24H,(H,21,22). The highest BCUT2D eigenvalue weighted by Gasteiger charge is 2.08. The lowest BCUT2D eigenvalue weighted by molar-refractivity contribution is -0.432. The molecule has 1 heterocycles. The maximum Gasteiger partial charge on any atom is 0.238 e. The molecule has 3 aromatic rings. The lowest BCUT2D eigenvalue weighted by atomic mass is 10.1. The number of hydrogen-bond acceptors (Lipinski definition) is 10. The summed E-state index contributed by atoms with van der Waals surface area (Å²) in [4.78, 5) is 14.9. The van der Waals surface area contributed by atoms with Crippen LogP contribution in [-0.2, 0) is 9.37 Å². The summed E-state index contributed by atoms with van der Waals surface area (Å²) in [7, 11) is 0. The first kappa shape index (κ1) is 18.1. The Morgan fingerprint density at radius 3 is 2.70 bits per heavy atom. The van der Waals surface area contributed by atoms with Crippen molar-refractivity contribution >= 4 is 40.5 Å². The first-order valence-electron chi connectivity index (χ1n) is 7.13. The van der Waals surface area contributed by atoms with Crippen molar-refractivity contribution in [3.05, 3.63) is 41.7 Å². The summed E-state index contributed by atoms with van der Waals surface area (Å²) in [6.07, 6.45) is 0. The summed E-state index contributed by atoms with van der Waals surface area (Å²) in [5, 5.41) is 40.7. The van der Waals surface area contributed by atoms with Crippen LogP contribution in [0.3, 0.4) is 0 Å². The van der Waals surface area contributed by atoms with Crippen LogP contribution >= 0.6 is 12.0 Å². The minimum Gasteiger partial charge on any atom is -0.508 e. The number of aromatic amines is 1. The van der Waals surface area contributed by atoms with Crippen LogP contribution in [0.5, 0.6) is 5.75 Å². The quantitative estimate of drug-likeness (QED) is 0.262. The Hall–Kier alpha value is -3.70. The van der Waals surface area contributed by atoms with Gasteiger partial charge in [0, 0.05) is 10.3 Å². The van der Waals surface area contributed by atoms with E-state index in [0.29, 0.717) is 16.0 Å². The summed E-state index contributed by atoms with van der Waals surface area (Å²) >= 11 is 0.751. The highest BCUT2D eigenvalue weighted by atomic mass is 32.2. The number of aromatic hydroxyl groups is 1. The number of aliphatic imine (C=N–C) groups is 2. The maximum absolute atomic E-state index is 9.71. The minimum absolute atomic E-state index is 0.00143. The van der Waals surface area contributed by atoms with Crippen LogP contribution in [0.2, 0.25) is 0 Å². The number of nitrogens with one attached hydrogen (secondary N) is 1. The van der Waals surface area contributed by atoms with Crippen LogP contribution in [0.15, 0.2) is 45.2 Å². The predicted molar refractivity (Wildman–Crippen MR) is 93.5 cm³/mol. The molecule has 0 unspecified atom stereocenters. The molecule has 0 aliphatic heterocycles. The van der Waals surface area contributed by atoms with Crippen molar-refractivity contribution in [1.82, 2.24) is 9.97 Å². The zero-order valence-corrected chi connectivity index (χ0v) is 14.1. The summed E-state index contributed by atoms with van der Waals surface area (Å²) in [6, 6.07) is 14.0. The molecule has 0 amide bonds. The van der Waals surface area contributed by atoms with Gasteiger partial charge in [-0.25, -0.2) is 5.26 Å². The van der Waals surface area contributed by atoms with Crippen LogP contribution in [0.1, 0.15) is 11.4 Å². The molecule has 0 bridgehead atoms. The molecule has 0 aliphatic carbocycles. The van der Waals surface area contributed by atoms with E-state index in [4.69, 9.17) is 15.8 Å². The number of aromatic nitrogens is 2. The van der Waals surface area contributed by atoms with Gasteiger partial charge in [0.2, 0.25) is 5.95 Å². The van der Waals surface area contributed by atoms with E-state index in [1.54, 1.807) is 30.3 Å². The van der Waals surface area contributed by atoms with Gasteiger partial charge in [0.15, 0.2) is 11.4 Å². The molecule has 1 aromatic heterocycles.